The van der Waals surface area contributed by atoms with Crippen molar-refractivity contribution in [2.24, 2.45) is 5.73 Å². The highest BCUT2D eigenvalue weighted by Crippen LogP contribution is 2.53. The number of hydrogen-bond donors (Lipinski definition) is 1. The summed E-state index contributed by atoms with van der Waals surface area (Å²) in [6.07, 6.45) is 8.09. The topological polar surface area (TPSA) is 90.6 Å². The molecule has 4 heterocycles. The van der Waals surface area contributed by atoms with Crippen LogP contribution in [0.3, 0.4) is 0 Å². The van der Waals surface area contributed by atoms with Crippen LogP contribution in [0.1, 0.15) is 50.6 Å². The number of rotatable bonds is 6. The van der Waals surface area contributed by atoms with E-state index in [1.54, 1.807) is 0 Å². The maximum Gasteiger partial charge on any atom is 0.306 e. The van der Waals surface area contributed by atoms with Crippen LogP contribution in [0.2, 0.25) is 0 Å². The van der Waals surface area contributed by atoms with Crippen molar-refractivity contribution in [3.05, 3.63) is 42.2 Å². The molecule has 7 nitrogen and oxygen atoms in total. The molecule has 4 atom stereocenters. The third-order valence-corrected chi connectivity index (χ3v) is 7.57. The molecule has 1 aromatic heterocycles. The summed E-state index contributed by atoms with van der Waals surface area (Å²) in [7, 11) is 0. The van der Waals surface area contributed by atoms with Gasteiger partial charge >= 0.3 is 5.97 Å². The minimum Gasteiger partial charge on any atom is -0.485 e. The first-order valence-corrected chi connectivity index (χ1v) is 12.0. The molecule has 2 aromatic rings. The van der Waals surface area contributed by atoms with Gasteiger partial charge in [0.15, 0.2) is 0 Å². The fraction of sp³-hybridized carbons (Fsp3) is 0.522. The zero-order valence-corrected chi connectivity index (χ0v) is 18.5. The number of esters is 1. The highest BCUT2D eigenvalue weighted by molar-refractivity contribution is 7.99. The van der Waals surface area contributed by atoms with Gasteiger partial charge in [0.2, 0.25) is 0 Å². The summed E-state index contributed by atoms with van der Waals surface area (Å²) in [5, 5.41) is 0.825. The Kier molecular flexibility index (Phi) is 5.52. The summed E-state index contributed by atoms with van der Waals surface area (Å²) in [5.41, 5.74) is 7.50. The zero-order valence-electron chi connectivity index (χ0n) is 17.7. The molecule has 0 radical (unpaired) electrons. The van der Waals surface area contributed by atoms with Gasteiger partial charge in [-0.15, -0.1) is 11.8 Å². The van der Waals surface area contributed by atoms with Crippen LogP contribution >= 0.6 is 11.8 Å². The molecule has 2 fully saturated rings. The lowest BCUT2D eigenvalue weighted by Gasteiger charge is -2.46. The Labute approximate surface area is 186 Å². The highest BCUT2D eigenvalue weighted by atomic mass is 32.2. The van der Waals surface area contributed by atoms with Gasteiger partial charge in [0.05, 0.1) is 31.5 Å². The van der Waals surface area contributed by atoms with Crippen LogP contribution in [0.5, 0.6) is 5.75 Å². The van der Waals surface area contributed by atoms with Gasteiger partial charge in [0.25, 0.3) is 0 Å². The van der Waals surface area contributed by atoms with Crippen molar-refractivity contribution in [3.63, 3.8) is 0 Å². The van der Waals surface area contributed by atoms with Gasteiger partial charge in [0.1, 0.15) is 22.2 Å². The molecule has 1 spiro atoms. The van der Waals surface area contributed by atoms with Gasteiger partial charge < -0.3 is 20.1 Å². The zero-order chi connectivity index (χ0) is 21.4. The van der Waals surface area contributed by atoms with Gasteiger partial charge in [-0.3, -0.25) is 4.79 Å². The summed E-state index contributed by atoms with van der Waals surface area (Å²) >= 11 is 1.53. The monoisotopic (exact) mass is 440 g/mol. The lowest BCUT2D eigenvalue weighted by atomic mass is 9.79. The lowest BCUT2D eigenvalue weighted by molar-refractivity contribution is -0.142. The normalized spacial score (nSPS) is 28.5. The van der Waals surface area contributed by atoms with Crippen molar-refractivity contribution >= 4 is 23.5 Å². The van der Waals surface area contributed by atoms with Crippen molar-refractivity contribution in [1.82, 2.24) is 9.97 Å². The minimum atomic E-state index is -0.317. The van der Waals surface area contributed by atoms with E-state index in [2.05, 4.69) is 16.0 Å². The van der Waals surface area contributed by atoms with Crippen LogP contribution in [-0.4, -0.2) is 46.0 Å². The number of anilines is 1. The van der Waals surface area contributed by atoms with Crippen molar-refractivity contribution in [2.45, 2.75) is 67.8 Å². The highest BCUT2D eigenvalue weighted by Gasteiger charge is 2.56. The van der Waals surface area contributed by atoms with E-state index in [4.69, 9.17) is 20.2 Å². The Morgan fingerprint density at radius 3 is 2.71 bits per heavy atom. The predicted molar refractivity (Wildman–Crippen MR) is 119 cm³/mol. The van der Waals surface area contributed by atoms with E-state index in [0.29, 0.717) is 30.9 Å². The summed E-state index contributed by atoms with van der Waals surface area (Å²) in [6, 6.07) is 8.79. The molecule has 31 heavy (non-hydrogen) atoms. The van der Waals surface area contributed by atoms with Crippen molar-refractivity contribution in [3.8, 4) is 5.75 Å². The Hall–Kier alpha value is -2.32. The third-order valence-electron chi connectivity index (χ3n) is 6.66. The number of benzene rings is 1. The van der Waals surface area contributed by atoms with Crippen molar-refractivity contribution in [2.75, 3.05) is 17.3 Å². The van der Waals surface area contributed by atoms with Gasteiger partial charge in [-0.25, -0.2) is 9.97 Å². The molecule has 1 aromatic carbocycles. The number of piperidine rings is 1. The maximum absolute atomic E-state index is 11.5. The van der Waals surface area contributed by atoms with Gasteiger partial charge in [-0.05, 0) is 25.8 Å². The van der Waals surface area contributed by atoms with Gasteiger partial charge in [0, 0.05) is 36.2 Å². The molecule has 3 aliphatic rings. The second kappa shape index (κ2) is 8.31. The van der Waals surface area contributed by atoms with Gasteiger partial charge in [-0.2, -0.15) is 0 Å². The summed E-state index contributed by atoms with van der Waals surface area (Å²) in [6.45, 7) is 2.23. The van der Waals surface area contributed by atoms with Gasteiger partial charge in [-0.1, -0.05) is 18.2 Å². The van der Waals surface area contributed by atoms with E-state index < -0.39 is 0 Å². The second-order valence-electron chi connectivity index (χ2n) is 8.50. The number of ether oxygens (including phenoxy) is 2. The molecule has 0 amide bonds. The summed E-state index contributed by atoms with van der Waals surface area (Å²) in [4.78, 5) is 23.2. The molecule has 2 N–H and O–H groups in total. The van der Waals surface area contributed by atoms with E-state index >= 15 is 0 Å². The first-order valence-electron chi connectivity index (χ1n) is 11.0. The molecule has 3 aliphatic heterocycles. The minimum absolute atomic E-state index is 0.0850. The number of aromatic nitrogens is 2. The number of carbonyl (C=O) groups is 1. The molecular formula is C23H28N4O3S. The standard InChI is InChI=1S/C23H28N4O3S/c1-2-29-21(28)9-10-31-20-14-25-19(13-26-20)27-15-7-8-16(27)12-23(11-15)22(24)17-5-3-4-6-18(17)30-23/h3-6,13-16,22H,2,7-12,24H2,1H3/t15-,16+,22-,23?/m1/s1. The summed E-state index contributed by atoms with van der Waals surface area (Å²) in [5.74, 6) is 2.32. The predicted octanol–water partition coefficient (Wildman–Crippen LogP) is 3.48. The fourth-order valence-corrected chi connectivity index (χ4v) is 6.07. The molecule has 8 heteroatoms. The molecule has 0 aliphatic carbocycles. The number of thioether (sulfide) groups is 1. The SMILES string of the molecule is CCOC(=O)CCSc1cnc(N2[C@@H]3CC[C@H]2CC2(C3)Oc3ccccc3[C@H]2N)cn1. The van der Waals surface area contributed by atoms with Crippen LogP contribution in [0, 0.1) is 0 Å². The van der Waals surface area contributed by atoms with E-state index in [1.807, 2.05) is 37.5 Å². The van der Waals surface area contributed by atoms with E-state index in [9.17, 15) is 4.79 Å². The molecule has 5 rings (SSSR count). The number of nitrogens with zero attached hydrogens (tertiary/aromatic N) is 3. The first kappa shape index (κ1) is 20.6. The largest absolute Gasteiger partial charge is 0.485 e. The molecule has 2 bridgehead atoms. The number of carbonyl (C=O) groups excluding carboxylic acids is 1. The quantitative estimate of drug-likeness (QED) is 0.539. The number of fused-ring (bicyclic) bond motifs is 3. The lowest BCUT2D eigenvalue weighted by Crippen LogP contribution is -2.56. The van der Waals surface area contributed by atoms with Crippen LogP contribution in [0.15, 0.2) is 41.7 Å². The third kappa shape index (κ3) is 3.76. The molecule has 1 unspecified atom stereocenters. The Morgan fingerprint density at radius 1 is 1.26 bits per heavy atom. The summed E-state index contributed by atoms with van der Waals surface area (Å²) < 4.78 is 11.4. The molecule has 2 saturated heterocycles. The smallest absolute Gasteiger partial charge is 0.306 e. The number of nitrogens with two attached hydrogens (primary N) is 1. The van der Waals surface area contributed by atoms with Crippen molar-refractivity contribution < 1.29 is 14.3 Å². The van der Waals surface area contributed by atoms with E-state index in [0.717, 1.165) is 47.8 Å². The average Bonchev–Trinajstić information content (AvgIpc) is 3.20. The Balaban J connectivity index is 1.25. The number of hydrogen-bond acceptors (Lipinski definition) is 8. The molecular weight excluding hydrogens is 412 g/mol. The van der Waals surface area contributed by atoms with Crippen LogP contribution in [0.25, 0.3) is 0 Å². The van der Waals surface area contributed by atoms with Crippen LogP contribution in [-0.2, 0) is 9.53 Å². The second-order valence-corrected chi connectivity index (χ2v) is 9.61. The average molecular weight is 441 g/mol. The van der Waals surface area contributed by atoms with E-state index in [-0.39, 0.29) is 17.6 Å². The Bertz CT molecular complexity index is 940. The van der Waals surface area contributed by atoms with Crippen LogP contribution < -0.4 is 15.4 Å². The Morgan fingerprint density at radius 2 is 2.03 bits per heavy atom. The maximum atomic E-state index is 11.5. The van der Waals surface area contributed by atoms with Crippen molar-refractivity contribution in [1.29, 1.82) is 0 Å². The molecule has 164 valence electrons. The van der Waals surface area contributed by atoms with Crippen LogP contribution in [0.4, 0.5) is 5.82 Å². The first-order chi connectivity index (χ1) is 15.1. The van der Waals surface area contributed by atoms with E-state index in [1.165, 1.54) is 11.8 Å². The fourth-order valence-electron chi connectivity index (χ4n) is 5.34. The number of para-hydroxylation sites is 1. The molecule has 0 saturated carbocycles.